The van der Waals surface area contributed by atoms with E-state index in [2.05, 4.69) is 38.1 Å². The zero-order valence-corrected chi connectivity index (χ0v) is 12.2. The van der Waals surface area contributed by atoms with E-state index < -0.39 is 0 Å². The van der Waals surface area contributed by atoms with Gasteiger partial charge in [-0.05, 0) is 57.1 Å². The van der Waals surface area contributed by atoms with Gasteiger partial charge in [0.2, 0.25) is 0 Å². The van der Waals surface area contributed by atoms with Crippen LogP contribution >= 0.6 is 0 Å². The van der Waals surface area contributed by atoms with E-state index in [4.69, 9.17) is 5.73 Å². The van der Waals surface area contributed by atoms with E-state index in [0.717, 1.165) is 0 Å². The summed E-state index contributed by atoms with van der Waals surface area (Å²) in [5.74, 6) is 0. The fraction of sp³-hybridized carbons (Fsp3) is 0.556. The summed E-state index contributed by atoms with van der Waals surface area (Å²) < 4.78 is 0. The summed E-state index contributed by atoms with van der Waals surface area (Å²) in [7, 11) is 0. The van der Waals surface area contributed by atoms with Crippen LogP contribution in [0.25, 0.3) is 0 Å². The summed E-state index contributed by atoms with van der Waals surface area (Å²) in [6.45, 7) is 4.39. The van der Waals surface area contributed by atoms with E-state index in [9.17, 15) is 0 Å². The Balaban J connectivity index is 2.14. The fourth-order valence-electron chi connectivity index (χ4n) is 4.23. The lowest BCUT2D eigenvalue weighted by Gasteiger charge is -2.39. The molecule has 1 spiro atoms. The molecule has 102 valence electrons. The summed E-state index contributed by atoms with van der Waals surface area (Å²) in [5.41, 5.74) is 12.8. The van der Waals surface area contributed by atoms with Gasteiger partial charge in [-0.25, -0.2) is 0 Å². The smallest absolute Gasteiger partial charge is 0.0225 e. The van der Waals surface area contributed by atoms with Crippen LogP contribution in [0.3, 0.4) is 0 Å². The van der Waals surface area contributed by atoms with Crippen molar-refractivity contribution in [2.45, 2.75) is 63.8 Å². The Morgan fingerprint density at radius 2 is 1.95 bits per heavy atom. The number of hydrogen-bond donors (Lipinski definition) is 1. The Labute approximate surface area is 116 Å². The van der Waals surface area contributed by atoms with Crippen molar-refractivity contribution in [1.29, 1.82) is 0 Å². The van der Waals surface area contributed by atoms with Crippen LogP contribution in [0.2, 0.25) is 0 Å². The lowest BCUT2D eigenvalue weighted by Crippen LogP contribution is -2.32. The molecule has 1 aromatic rings. The summed E-state index contributed by atoms with van der Waals surface area (Å²) in [6.07, 6.45) is 7.82. The maximum Gasteiger partial charge on any atom is 0.0225 e. The van der Waals surface area contributed by atoms with Gasteiger partial charge < -0.3 is 5.73 Å². The van der Waals surface area contributed by atoms with Crippen LogP contribution in [0.1, 0.15) is 57.1 Å². The van der Waals surface area contributed by atoms with Crippen molar-refractivity contribution in [3.63, 3.8) is 0 Å². The largest absolute Gasteiger partial charge is 0.324 e. The van der Waals surface area contributed by atoms with E-state index in [0.29, 0.717) is 5.41 Å². The molecule has 2 N–H and O–H groups in total. The summed E-state index contributed by atoms with van der Waals surface area (Å²) >= 11 is 0. The van der Waals surface area contributed by atoms with Crippen molar-refractivity contribution < 1.29 is 0 Å². The zero-order valence-electron chi connectivity index (χ0n) is 12.2. The molecular weight excluding hydrogens is 230 g/mol. The number of benzene rings is 1. The van der Waals surface area contributed by atoms with E-state index >= 15 is 0 Å². The molecule has 1 aromatic carbocycles. The second-order valence-corrected chi connectivity index (χ2v) is 6.40. The molecule has 0 bridgehead atoms. The Kier molecular flexibility index (Phi) is 3.26. The SMILES string of the molecule is CC(=C1CCCCC12CCc1ccccc12)C(C)N. The minimum atomic E-state index is 0.192. The van der Waals surface area contributed by atoms with Crippen molar-refractivity contribution >= 4 is 0 Å². The Hall–Kier alpha value is -1.08. The van der Waals surface area contributed by atoms with E-state index in [1.165, 1.54) is 44.1 Å². The van der Waals surface area contributed by atoms with Gasteiger partial charge in [-0.1, -0.05) is 41.8 Å². The molecule has 0 heterocycles. The Morgan fingerprint density at radius 1 is 1.16 bits per heavy atom. The van der Waals surface area contributed by atoms with Crippen molar-refractivity contribution in [1.82, 2.24) is 0 Å². The van der Waals surface area contributed by atoms with Crippen LogP contribution < -0.4 is 5.73 Å². The molecule has 2 aliphatic carbocycles. The minimum Gasteiger partial charge on any atom is -0.324 e. The molecule has 0 saturated heterocycles. The number of nitrogens with two attached hydrogens (primary N) is 1. The molecule has 2 atom stereocenters. The van der Waals surface area contributed by atoms with Crippen molar-refractivity contribution in [3.05, 3.63) is 46.5 Å². The van der Waals surface area contributed by atoms with Gasteiger partial charge in [-0.2, -0.15) is 0 Å². The highest BCUT2D eigenvalue weighted by atomic mass is 14.6. The number of hydrogen-bond acceptors (Lipinski definition) is 1. The average Bonchev–Trinajstić information content (AvgIpc) is 2.79. The van der Waals surface area contributed by atoms with Gasteiger partial charge >= 0.3 is 0 Å². The van der Waals surface area contributed by atoms with Crippen LogP contribution in [0.15, 0.2) is 35.4 Å². The quantitative estimate of drug-likeness (QED) is 0.751. The van der Waals surface area contributed by atoms with E-state index in [-0.39, 0.29) is 6.04 Å². The molecule has 0 amide bonds. The van der Waals surface area contributed by atoms with Gasteiger partial charge in [0.15, 0.2) is 0 Å². The van der Waals surface area contributed by atoms with Crippen LogP contribution in [-0.2, 0) is 11.8 Å². The minimum absolute atomic E-state index is 0.192. The van der Waals surface area contributed by atoms with Gasteiger partial charge in [-0.3, -0.25) is 0 Å². The molecule has 1 saturated carbocycles. The number of allylic oxidation sites excluding steroid dienone is 1. The van der Waals surface area contributed by atoms with Crippen LogP contribution in [0, 0.1) is 0 Å². The normalized spacial score (nSPS) is 30.3. The van der Waals surface area contributed by atoms with Gasteiger partial charge in [0.25, 0.3) is 0 Å². The summed E-state index contributed by atoms with van der Waals surface area (Å²) in [6, 6.07) is 9.26. The van der Waals surface area contributed by atoms with Crippen molar-refractivity contribution in [2.75, 3.05) is 0 Å². The Bertz CT molecular complexity index is 508. The van der Waals surface area contributed by atoms with Crippen LogP contribution in [-0.4, -0.2) is 6.04 Å². The highest BCUT2D eigenvalue weighted by molar-refractivity contribution is 5.48. The number of aryl methyl sites for hydroxylation is 1. The number of fused-ring (bicyclic) bond motifs is 2. The highest BCUT2D eigenvalue weighted by Gasteiger charge is 2.43. The van der Waals surface area contributed by atoms with Crippen LogP contribution in [0.5, 0.6) is 0 Å². The van der Waals surface area contributed by atoms with Gasteiger partial charge in [0.05, 0.1) is 0 Å². The summed E-state index contributed by atoms with van der Waals surface area (Å²) in [4.78, 5) is 0. The molecule has 3 rings (SSSR count). The molecule has 0 aliphatic heterocycles. The topological polar surface area (TPSA) is 26.0 Å². The van der Waals surface area contributed by atoms with E-state index in [1.54, 1.807) is 16.7 Å². The maximum atomic E-state index is 6.18. The molecule has 19 heavy (non-hydrogen) atoms. The number of rotatable bonds is 1. The molecule has 2 aliphatic rings. The first-order valence-corrected chi connectivity index (χ1v) is 7.69. The fourth-order valence-corrected chi connectivity index (χ4v) is 4.23. The van der Waals surface area contributed by atoms with Crippen LogP contribution in [0.4, 0.5) is 0 Å². The molecule has 0 radical (unpaired) electrons. The Morgan fingerprint density at radius 3 is 2.74 bits per heavy atom. The summed E-state index contributed by atoms with van der Waals surface area (Å²) in [5, 5.41) is 0. The van der Waals surface area contributed by atoms with Crippen molar-refractivity contribution in [2.24, 2.45) is 5.73 Å². The molecule has 0 aromatic heterocycles. The molecule has 2 unspecified atom stereocenters. The highest BCUT2D eigenvalue weighted by Crippen LogP contribution is 2.52. The predicted octanol–water partition coefficient (Wildman–Crippen LogP) is 4.11. The second-order valence-electron chi connectivity index (χ2n) is 6.40. The van der Waals surface area contributed by atoms with E-state index in [1.807, 2.05) is 0 Å². The molecule has 1 fully saturated rings. The third-order valence-electron chi connectivity index (χ3n) is 5.37. The zero-order chi connectivity index (χ0) is 13.5. The maximum absolute atomic E-state index is 6.18. The van der Waals surface area contributed by atoms with Gasteiger partial charge in [-0.15, -0.1) is 0 Å². The lowest BCUT2D eigenvalue weighted by atomic mass is 9.65. The second kappa shape index (κ2) is 4.79. The van der Waals surface area contributed by atoms with Gasteiger partial charge in [0, 0.05) is 11.5 Å². The third-order valence-corrected chi connectivity index (χ3v) is 5.37. The predicted molar refractivity (Wildman–Crippen MR) is 81.3 cm³/mol. The molecule has 1 heteroatoms. The monoisotopic (exact) mass is 255 g/mol. The molecular formula is C18H25N. The average molecular weight is 255 g/mol. The van der Waals surface area contributed by atoms with Crippen molar-refractivity contribution in [3.8, 4) is 0 Å². The van der Waals surface area contributed by atoms with Gasteiger partial charge in [0.1, 0.15) is 0 Å². The lowest BCUT2D eigenvalue weighted by molar-refractivity contribution is 0.375. The first-order valence-electron chi connectivity index (χ1n) is 7.69. The standard InChI is InChI=1S/C18H25N/c1-13(14(2)19)16-8-5-6-11-18(16)12-10-15-7-3-4-9-17(15)18/h3-4,7,9,14H,5-6,8,10-12,19H2,1-2H3. The first-order chi connectivity index (χ1) is 9.15. The first kappa shape index (κ1) is 12.9. The molecule has 1 nitrogen and oxygen atoms in total. The third kappa shape index (κ3) is 1.95.